The SMILES string of the molecule is CC(C)NCc1coc(CN2CC3CCCC3C2)c1. The Hall–Kier alpha value is -0.800. The van der Waals surface area contributed by atoms with Gasteiger partial charge in [-0.1, -0.05) is 20.3 Å². The van der Waals surface area contributed by atoms with Crippen LogP contribution in [0.2, 0.25) is 0 Å². The molecule has 2 atom stereocenters. The van der Waals surface area contributed by atoms with Crippen LogP contribution in [0.1, 0.15) is 44.4 Å². The summed E-state index contributed by atoms with van der Waals surface area (Å²) in [6.07, 6.45) is 6.25. The lowest BCUT2D eigenvalue weighted by molar-refractivity contribution is 0.276. The highest BCUT2D eigenvalue weighted by Gasteiger charge is 2.36. The second-order valence-corrected chi connectivity index (χ2v) is 6.60. The van der Waals surface area contributed by atoms with Crippen LogP contribution in [0.15, 0.2) is 16.7 Å². The number of fused-ring (bicyclic) bond motifs is 1. The molecule has 0 radical (unpaired) electrons. The molecule has 3 nitrogen and oxygen atoms in total. The maximum absolute atomic E-state index is 5.70. The zero-order valence-corrected chi connectivity index (χ0v) is 12.2. The van der Waals surface area contributed by atoms with Crippen molar-refractivity contribution in [2.75, 3.05) is 13.1 Å². The fraction of sp³-hybridized carbons (Fsp3) is 0.750. The van der Waals surface area contributed by atoms with E-state index < -0.39 is 0 Å². The molecule has 0 bridgehead atoms. The number of likely N-dealkylation sites (tertiary alicyclic amines) is 1. The summed E-state index contributed by atoms with van der Waals surface area (Å²) in [4.78, 5) is 2.58. The summed E-state index contributed by atoms with van der Waals surface area (Å²) in [5.74, 6) is 3.06. The predicted molar refractivity (Wildman–Crippen MR) is 76.8 cm³/mol. The van der Waals surface area contributed by atoms with Gasteiger partial charge in [0.05, 0.1) is 12.8 Å². The largest absolute Gasteiger partial charge is 0.468 e. The molecule has 1 aliphatic carbocycles. The van der Waals surface area contributed by atoms with Gasteiger partial charge in [0, 0.05) is 31.2 Å². The van der Waals surface area contributed by atoms with Crippen molar-refractivity contribution >= 4 is 0 Å². The Balaban J connectivity index is 1.50. The topological polar surface area (TPSA) is 28.4 Å². The number of furan rings is 1. The summed E-state index contributed by atoms with van der Waals surface area (Å²) in [5.41, 5.74) is 1.27. The summed E-state index contributed by atoms with van der Waals surface area (Å²) in [6, 6.07) is 2.74. The molecule has 1 aromatic rings. The zero-order chi connectivity index (χ0) is 13.2. The Bertz CT molecular complexity index is 401. The minimum absolute atomic E-state index is 0.524. The second-order valence-electron chi connectivity index (χ2n) is 6.60. The van der Waals surface area contributed by atoms with Crippen molar-refractivity contribution in [3.05, 3.63) is 23.7 Å². The van der Waals surface area contributed by atoms with Crippen molar-refractivity contribution in [1.29, 1.82) is 0 Å². The maximum atomic E-state index is 5.70. The Morgan fingerprint density at radius 3 is 2.74 bits per heavy atom. The van der Waals surface area contributed by atoms with E-state index in [9.17, 15) is 0 Å². The monoisotopic (exact) mass is 262 g/mol. The standard InChI is InChI=1S/C16H26N2O/c1-12(2)17-7-13-6-16(19-11-13)10-18-8-14-4-3-5-15(14)9-18/h6,11-12,14-15,17H,3-5,7-10H2,1-2H3. The van der Waals surface area contributed by atoms with Gasteiger partial charge in [-0.25, -0.2) is 0 Å². The van der Waals surface area contributed by atoms with E-state index in [2.05, 4.69) is 30.1 Å². The van der Waals surface area contributed by atoms with Crippen LogP contribution >= 0.6 is 0 Å². The smallest absolute Gasteiger partial charge is 0.118 e. The Kier molecular flexibility index (Phi) is 3.94. The fourth-order valence-electron chi connectivity index (χ4n) is 3.61. The summed E-state index contributed by atoms with van der Waals surface area (Å²) in [6.45, 7) is 8.81. The van der Waals surface area contributed by atoms with Gasteiger partial charge in [0.25, 0.3) is 0 Å². The molecule has 106 valence electrons. The summed E-state index contributed by atoms with van der Waals surface area (Å²) in [7, 11) is 0. The number of rotatable bonds is 5. The lowest BCUT2D eigenvalue weighted by Gasteiger charge is -2.14. The highest BCUT2D eigenvalue weighted by molar-refractivity contribution is 5.13. The maximum Gasteiger partial charge on any atom is 0.118 e. The molecule has 2 heterocycles. The van der Waals surface area contributed by atoms with Crippen molar-refractivity contribution < 1.29 is 4.42 Å². The van der Waals surface area contributed by atoms with Crippen LogP contribution in [0, 0.1) is 11.8 Å². The minimum atomic E-state index is 0.524. The van der Waals surface area contributed by atoms with Crippen LogP contribution in [-0.2, 0) is 13.1 Å². The number of nitrogens with zero attached hydrogens (tertiary/aromatic N) is 1. The first-order chi connectivity index (χ1) is 9.20. The minimum Gasteiger partial charge on any atom is -0.468 e. The lowest BCUT2D eigenvalue weighted by atomic mass is 10.0. The van der Waals surface area contributed by atoms with E-state index in [4.69, 9.17) is 4.42 Å². The Labute approximate surface area is 116 Å². The molecule has 0 spiro atoms. The van der Waals surface area contributed by atoms with E-state index >= 15 is 0 Å². The summed E-state index contributed by atoms with van der Waals surface area (Å²) >= 11 is 0. The first-order valence-corrected chi connectivity index (χ1v) is 7.72. The molecule has 19 heavy (non-hydrogen) atoms. The van der Waals surface area contributed by atoms with E-state index in [-0.39, 0.29) is 0 Å². The van der Waals surface area contributed by atoms with E-state index in [0.29, 0.717) is 6.04 Å². The van der Waals surface area contributed by atoms with Gasteiger partial charge in [-0.05, 0) is 30.7 Å². The molecule has 1 N–H and O–H groups in total. The Morgan fingerprint density at radius 1 is 1.32 bits per heavy atom. The van der Waals surface area contributed by atoms with Crippen LogP contribution in [-0.4, -0.2) is 24.0 Å². The predicted octanol–water partition coefficient (Wildman–Crippen LogP) is 3.01. The molecular weight excluding hydrogens is 236 g/mol. The molecule has 3 rings (SSSR count). The average Bonchev–Trinajstić information content (AvgIpc) is 3.02. The van der Waals surface area contributed by atoms with E-state index in [1.165, 1.54) is 37.9 Å². The molecule has 2 unspecified atom stereocenters. The third-order valence-corrected chi connectivity index (χ3v) is 4.60. The van der Waals surface area contributed by atoms with E-state index in [0.717, 1.165) is 30.7 Å². The van der Waals surface area contributed by atoms with Crippen molar-refractivity contribution in [3.8, 4) is 0 Å². The number of hydrogen-bond donors (Lipinski definition) is 1. The van der Waals surface area contributed by atoms with Crippen LogP contribution in [0.4, 0.5) is 0 Å². The quantitative estimate of drug-likeness (QED) is 0.884. The average molecular weight is 262 g/mol. The molecule has 0 aromatic carbocycles. The van der Waals surface area contributed by atoms with Gasteiger partial charge in [-0.15, -0.1) is 0 Å². The lowest BCUT2D eigenvalue weighted by Crippen LogP contribution is -2.21. The van der Waals surface area contributed by atoms with Crippen LogP contribution in [0.25, 0.3) is 0 Å². The van der Waals surface area contributed by atoms with Crippen molar-refractivity contribution in [2.24, 2.45) is 11.8 Å². The molecule has 2 fully saturated rings. The number of nitrogens with one attached hydrogen (secondary N) is 1. The third kappa shape index (κ3) is 3.21. The molecule has 1 saturated carbocycles. The van der Waals surface area contributed by atoms with Crippen molar-refractivity contribution in [2.45, 2.75) is 52.2 Å². The van der Waals surface area contributed by atoms with E-state index in [1.54, 1.807) is 0 Å². The molecular formula is C16H26N2O. The summed E-state index contributed by atoms with van der Waals surface area (Å²) < 4.78 is 5.70. The highest BCUT2D eigenvalue weighted by atomic mass is 16.3. The van der Waals surface area contributed by atoms with Crippen molar-refractivity contribution in [3.63, 3.8) is 0 Å². The highest BCUT2D eigenvalue weighted by Crippen LogP contribution is 2.38. The van der Waals surface area contributed by atoms with Crippen LogP contribution in [0.5, 0.6) is 0 Å². The zero-order valence-electron chi connectivity index (χ0n) is 12.2. The van der Waals surface area contributed by atoms with Crippen LogP contribution < -0.4 is 5.32 Å². The second kappa shape index (κ2) is 5.68. The van der Waals surface area contributed by atoms with Gasteiger partial charge >= 0.3 is 0 Å². The first-order valence-electron chi connectivity index (χ1n) is 7.72. The summed E-state index contributed by atoms with van der Waals surface area (Å²) in [5, 5.41) is 3.43. The normalized spacial score (nSPS) is 27.3. The first kappa shape index (κ1) is 13.2. The van der Waals surface area contributed by atoms with Gasteiger partial charge < -0.3 is 9.73 Å². The molecule has 0 amide bonds. The third-order valence-electron chi connectivity index (χ3n) is 4.60. The molecule has 3 heteroatoms. The van der Waals surface area contributed by atoms with Crippen LogP contribution in [0.3, 0.4) is 0 Å². The number of hydrogen-bond acceptors (Lipinski definition) is 3. The van der Waals surface area contributed by atoms with Crippen molar-refractivity contribution in [1.82, 2.24) is 10.2 Å². The van der Waals surface area contributed by atoms with Gasteiger partial charge in [0.1, 0.15) is 5.76 Å². The molecule has 2 aliphatic rings. The molecule has 1 aromatic heterocycles. The van der Waals surface area contributed by atoms with Gasteiger partial charge in [-0.2, -0.15) is 0 Å². The molecule has 1 aliphatic heterocycles. The van der Waals surface area contributed by atoms with Gasteiger partial charge in [0.15, 0.2) is 0 Å². The van der Waals surface area contributed by atoms with Gasteiger partial charge in [-0.3, -0.25) is 4.90 Å². The van der Waals surface area contributed by atoms with Gasteiger partial charge in [0.2, 0.25) is 0 Å². The fourth-order valence-corrected chi connectivity index (χ4v) is 3.61. The Morgan fingerprint density at radius 2 is 2.05 bits per heavy atom. The van der Waals surface area contributed by atoms with E-state index in [1.807, 2.05) is 6.26 Å². The molecule has 1 saturated heterocycles.